The van der Waals surface area contributed by atoms with Gasteiger partial charge in [-0.05, 0) is 55.8 Å². The summed E-state index contributed by atoms with van der Waals surface area (Å²) < 4.78 is 16.3. The number of carbonyl (C=O) groups excluding carboxylic acids is 2. The van der Waals surface area contributed by atoms with Crippen LogP contribution in [0.4, 0.5) is 10.2 Å². The minimum atomic E-state index is -0.694. The van der Waals surface area contributed by atoms with Crippen LogP contribution in [0.5, 0.6) is 0 Å². The quantitative estimate of drug-likeness (QED) is 0.389. The van der Waals surface area contributed by atoms with E-state index >= 15 is 0 Å². The molecule has 3 heterocycles. The molecule has 0 fully saturated rings. The maximum Gasteiger partial charge on any atom is 0.259 e. The van der Waals surface area contributed by atoms with E-state index < -0.39 is 11.7 Å². The van der Waals surface area contributed by atoms with Crippen LogP contribution in [0.25, 0.3) is 11.5 Å². The number of ketones is 1. The first kappa shape index (κ1) is 24.7. The van der Waals surface area contributed by atoms with E-state index in [0.717, 1.165) is 0 Å². The molecule has 0 bridgehead atoms. The van der Waals surface area contributed by atoms with Gasteiger partial charge in [0.25, 0.3) is 5.91 Å². The number of amides is 1. The number of hydrogen-bond donors (Lipinski definition) is 1. The van der Waals surface area contributed by atoms with E-state index in [0.29, 0.717) is 22.6 Å². The molecule has 1 N–H and O–H groups in total. The summed E-state index contributed by atoms with van der Waals surface area (Å²) in [5, 5.41) is 10.7. The van der Waals surface area contributed by atoms with E-state index in [9.17, 15) is 14.0 Å². The van der Waals surface area contributed by atoms with Gasteiger partial charge in [-0.15, -0.1) is 22.6 Å². The number of anilines is 1. The lowest BCUT2D eigenvalue weighted by atomic mass is 10.0. The zero-order valence-corrected chi connectivity index (χ0v) is 19.3. The summed E-state index contributed by atoms with van der Waals surface area (Å²) in [7, 11) is 0. The number of carbonyl (C=O) groups is 2. The Morgan fingerprint density at radius 3 is 2.68 bits per heavy atom. The van der Waals surface area contributed by atoms with Gasteiger partial charge in [-0.3, -0.25) is 14.6 Å². The molecular weight excluding hydrogens is 459 g/mol. The monoisotopic (exact) mass is 480 g/mol. The van der Waals surface area contributed by atoms with Gasteiger partial charge in [-0.2, -0.15) is 0 Å². The van der Waals surface area contributed by atoms with Crippen molar-refractivity contribution in [2.24, 2.45) is 0 Å². The van der Waals surface area contributed by atoms with Crippen molar-refractivity contribution in [2.75, 3.05) is 5.32 Å². The number of nitrogens with one attached hydrogen (secondary N) is 1. The molecule has 0 spiro atoms. The Morgan fingerprint density at radius 1 is 1.12 bits per heavy atom. The molecular formula is C24H22ClFN6O2. The van der Waals surface area contributed by atoms with E-state index in [2.05, 4.69) is 25.5 Å². The van der Waals surface area contributed by atoms with Crippen molar-refractivity contribution >= 4 is 29.9 Å². The lowest BCUT2D eigenvalue weighted by molar-refractivity contribution is 0.0988. The maximum absolute atomic E-state index is 14.4. The van der Waals surface area contributed by atoms with E-state index in [-0.39, 0.29) is 42.0 Å². The number of aromatic nitrogens is 5. The fourth-order valence-electron chi connectivity index (χ4n) is 3.29. The molecule has 0 radical (unpaired) electrons. The second-order valence-electron chi connectivity index (χ2n) is 7.67. The zero-order chi connectivity index (χ0) is 23.4. The van der Waals surface area contributed by atoms with E-state index in [1.807, 2.05) is 18.4 Å². The lowest BCUT2D eigenvalue weighted by Crippen LogP contribution is -2.16. The molecule has 4 rings (SSSR count). The molecule has 4 aromatic rings. The second kappa shape index (κ2) is 10.8. The highest BCUT2D eigenvalue weighted by molar-refractivity contribution is 6.04. The van der Waals surface area contributed by atoms with Gasteiger partial charge in [-0.25, -0.2) is 9.37 Å². The third-order valence-electron chi connectivity index (χ3n) is 4.97. The van der Waals surface area contributed by atoms with Gasteiger partial charge < -0.3 is 9.88 Å². The number of rotatable bonds is 7. The van der Waals surface area contributed by atoms with Crippen LogP contribution in [0.2, 0.25) is 0 Å². The summed E-state index contributed by atoms with van der Waals surface area (Å²) in [4.78, 5) is 33.6. The van der Waals surface area contributed by atoms with Crippen molar-refractivity contribution < 1.29 is 14.0 Å². The van der Waals surface area contributed by atoms with Crippen molar-refractivity contribution in [3.8, 4) is 11.5 Å². The van der Waals surface area contributed by atoms with Crippen molar-refractivity contribution in [3.63, 3.8) is 0 Å². The molecule has 0 aliphatic heterocycles. The summed E-state index contributed by atoms with van der Waals surface area (Å²) in [5.41, 5.74) is 1.31. The van der Waals surface area contributed by atoms with Crippen molar-refractivity contribution in [3.05, 3.63) is 89.8 Å². The number of hydrogen-bond acceptors (Lipinski definition) is 6. The Hall–Kier alpha value is -3.98. The first-order chi connectivity index (χ1) is 15.9. The second-order valence-corrected chi connectivity index (χ2v) is 7.67. The molecule has 0 saturated carbocycles. The summed E-state index contributed by atoms with van der Waals surface area (Å²) in [5.74, 6) is -0.737. The molecule has 34 heavy (non-hydrogen) atoms. The van der Waals surface area contributed by atoms with E-state index in [1.54, 1.807) is 42.9 Å². The summed E-state index contributed by atoms with van der Waals surface area (Å²) in [6.45, 7) is 3.99. The summed E-state index contributed by atoms with van der Waals surface area (Å²) in [6, 6.07) is 12.6. The number of Topliss-reactive ketones (excluding diaryl/α,β-unsaturated/α-hetero) is 1. The summed E-state index contributed by atoms with van der Waals surface area (Å²) >= 11 is 0. The summed E-state index contributed by atoms with van der Waals surface area (Å²) in [6.07, 6.45) is 4.68. The van der Waals surface area contributed by atoms with Crippen molar-refractivity contribution in [2.45, 2.75) is 26.3 Å². The predicted octanol–water partition coefficient (Wildman–Crippen LogP) is 4.55. The van der Waals surface area contributed by atoms with Gasteiger partial charge in [0.1, 0.15) is 23.7 Å². The zero-order valence-electron chi connectivity index (χ0n) is 18.5. The van der Waals surface area contributed by atoms with Gasteiger partial charge in [0.2, 0.25) is 0 Å². The van der Waals surface area contributed by atoms with Gasteiger partial charge >= 0.3 is 0 Å². The molecule has 0 aliphatic carbocycles. The molecule has 0 aliphatic rings. The Balaban J connectivity index is 0.00000324. The topological polar surface area (TPSA) is 103 Å². The Morgan fingerprint density at radius 2 is 1.94 bits per heavy atom. The van der Waals surface area contributed by atoms with Crippen LogP contribution in [-0.2, 0) is 6.42 Å². The predicted molar refractivity (Wildman–Crippen MR) is 128 cm³/mol. The number of benzene rings is 1. The minimum absolute atomic E-state index is 0. The van der Waals surface area contributed by atoms with Crippen LogP contribution >= 0.6 is 12.4 Å². The lowest BCUT2D eigenvalue weighted by Gasteiger charge is -2.11. The van der Waals surface area contributed by atoms with Crippen molar-refractivity contribution in [1.82, 2.24) is 24.7 Å². The van der Waals surface area contributed by atoms with E-state index in [1.165, 1.54) is 24.4 Å². The first-order valence-electron chi connectivity index (χ1n) is 10.3. The highest BCUT2D eigenvalue weighted by atomic mass is 35.5. The van der Waals surface area contributed by atoms with Gasteiger partial charge in [0, 0.05) is 30.4 Å². The first-order valence-corrected chi connectivity index (χ1v) is 10.3. The Labute approximate surface area is 201 Å². The van der Waals surface area contributed by atoms with Crippen LogP contribution in [0, 0.1) is 5.82 Å². The molecule has 0 saturated heterocycles. The number of halogens is 2. The third kappa shape index (κ3) is 5.49. The maximum atomic E-state index is 14.4. The number of pyridine rings is 2. The molecule has 1 amide bonds. The average molecular weight is 481 g/mol. The molecule has 1 aromatic carbocycles. The van der Waals surface area contributed by atoms with Gasteiger partial charge in [0.15, 0.2) is 11.6 Å². The van der Waals surface area contributed by atoms with Crippen LogP contribution in [0.3, 0.4) is 0 Å². The Bertz CT molecular complexity index is 1310. The SMILES string of the molecule is CC(C)n1cnnc1-c1cccc(NC(=O)c2cc(CC(=O)c3cccnc3)ccc2F)n1.Cl. The van der Waals surface area contributed by atoms with E-state index in [4.69, 9.17) is 0 Å². The van der Waals surface area contributed by atoms with Gasteiger partial charge in [0.05, 0.1) is 5.56 Å². The van der Waals surface area contributed by atoms with Crippen molar-refractivity contribution in [1.29, 1.82) is 0 Å². The average Bonchev–Trinajstić information content (AvgIpc) is 3.31. The molecule has 10 heteroatoms. The fourth-order valence-corrected chi connectivity index (χ4v) is 3.29. The number of nitrogens with zero attached hydrogens (tertiary/aromatic N) is 5. The van der Waals surface area contributed by atoms with Crippen LogP contribution in [0.1, 0.15) is 46.2 Å². The third-order valence-corrected chi connectivity index (χ3v) is 4.97. The Kier molecular flexibility index (Phi) is 7.80. The molecule has 3 aromatic heterocycles. The molecule has 8 nitrogen and oxygen atoms in total. The normalized spacial score (nSPS) is 10.6. The standard InChI is InChI=1S/C24H21FN6O2.ClH/c1-15(2)31-14-27-30-23(31)20-6-3-7-22(28-20)29-24(33)18-11-16(8-9-19(18)25)12-21(32)17-5-4-10-26-13-17;/h3-11,13-15H,12H2,1-2H3,(H,28,29,33);1H. The molecule has 0 atom stereocenters. The minimum Gasteiger partial charge on any atom is -0.310 e. The largest absolute Gasteiger partial charge is 0.310 e. The van der Waals surface area contributed by atoms with Gasteiger partial charge in [-0.1, -0.05) is 12.1 Å². The van der Waals surface area contributed by atoms with Crippen LogP contribution in [0.15, 0.2) is 67.3 Å². The van der Waals surface area contributed by atoms with Crippen LogP contribution < -0.4 is 5.32 Å². The molecule has 0 unspecified atom stereocenters. The molecule has 174 valence electrons. The fraction of sp³-hybridized carbons (Fsp3) is 0.167. The van der Waals surface area contributed by atoms with Crippen LogP contribution in [-0.4, -0.2) is 36.4 Å². The highest BCUT2D eigenvalue weighted by Gasteiger charge is 2.17. The smallest absolute Gasteiger partial charge is 0.259 e. The highest BCUT2D eigenvalue weighted by Crippen LogP contribution is 2.21.